The first kappa shape index (κ1) is 16.7. The molecule has 0 aliphatic heterocycles. The Morgan fingerprint density at radius 3 is 2.65 bits per heavy atom. The minimum atomic E-state index is -4.42. The van der Waals surface area contributed by atoms with Gasteiger partial charge < -0.3 is 10.1 Å². The summed E-state index contributed by atoms with van der Waals surface area (Å²) in [6.45, 7) is 0.332. The summed E-state index contributed by atoms with van der Waals surface area (Å²) in [6, 6.07) is 1.59. The van der Waals surface area contributed by atoms with Crippen LogP contribution in [0.5, 0.6) is 5.88 Å². The number of aryl methyl sites for hydroxylation is 1. The topological polar surface area (TPSA) is 77.0 Å². The number of nitrogens with zero attached hydrogens (tertiary/aromatic N) is 3. The Hall–Kier alpha value is -2.71. The Morgan fingerprint density at radius 1 is 1.26 bits per heavy atom. The minimum Gasteiger partial charge on any atom is -0.468 e. The van der Waals surface area contributed by atoms with E-state index >= 15 is 0 Å². The van der Waals surface area contributed by atoms with Gasteiger partial charge in [0, 0.05) is 30.7 Å². The second kappa shape index (κ2) is 7.03. The first-order valence-corrected chi connectivity index (χ1v) is 6.54. The van der Waals surface area contributed by atoms with Gasteiger partial charge in [0.05, 0.1) is 6.20 Å². The molecule has 0 unspecified atom stereocenters. The van der Waals surface area contributed by atoms with Crippen molar-refractivity contribution in [3.63, 3.8) is 0 Å². The zero-order valence-corrected chi connectivity index (χ0v) is 12.1. The van der Waals surface area contributed by atoms with Gasteiger partial charge in [0.2, 0.25) is 5.88 Å². The number of amides is 1. The van der Waals surface area contributed by atoms with E-state index in [2.05, 4.69) is 25.0 Å². The van der Waals surface area contributed by atoms with Crippen LogP contribution in [-0.2, 0) is 6.54 Å². The molecule has 0 fully saturated rings. The molecule has 6 nitrogen and oxygen atoms in total. The average Bonchev–Trinajstić information content (AvgIpc) is 2.51. The van der Waals surface area contributed by atoms with Crippen LogP contribution >= 0.6 is 0 Å². The standard InChI is InChI=1S/C14H13F3N4O2/c1-9-4-10(6-21-13(9)23-8-14(15,16)17)5-20-12(22)11-7-18-2-3-19-11/h2-4,6-7H,5,8H2,1H3,(H,20,22). The van der Waals surface area contributed by atoms with Crippen LogP contribution in [-0.4, -0.2) is 33.6 Å². The number of rotatable bonds is 5. The van der Waals surface area contributed by atoms with E-state index in [1.54, 1.807) is 13.0 Å². The van der Waals surface area contributed by atoms with Gasteiger partial charge in [-0.15, -0.1) is 0 Å². The maximum absolute atomic E-state index is 12.1. The fourth-order valence-corrected chi connectivity index (χ4v) is 1.71. The number of halogens is 3. The number of carbonyl (C=O) groups excluding carboxylic acids is 1. The highest BCUT2D eigenvalue weighted by atomic mass is 19.4. The molecule has 0 aromatic carbocycles. The van der Waals surface area contributed by atoms with E-state index in [4.69, 9.17) is 0 Å². The number of alkyl halides is 3. The lowest BCUT2D eigenvalue weighted by molar-refractivity contribution is -0.154. The fraction of sp³-hybridized carbons (Fsp3) is 0.286. The molecule has 2 rings (SSSR count). The van der Waals surface area contributed by atoms with E-state index in [-0.39, 0.29) is 18.1 Å². The molecule has 23 heavy (non-hydrogen) atoms. The van der Waals surface area contributed by atoms with Crippen LogP contribution < -0.4 is 10.1 Å². The van der Waals surface area contributed by atoms with E-state index in [0.29, 0.717) is 11.1 Å². The zero-order chi connectivity index (χ0) is 16.9. The summed E-state index contributed by atoms with van der Waals surface area (Å²) in [6.07, 6.45) is 1.09. The van der Waals surface area contributed by atoms with Crippen molar-refractivity contribution in [3.8, 4) is 5.88 Å². The van der Waals surface area contributed by atoms with E-state index in [1.165, 1.54) is 24.8 Å². The number of ether oxygens (including phenoxy) is 1. The Morgan fingerprint density at radius 2 is 2.04 bits per heavy atom. The number of carbonyl (C=O) groups is 1. The maximum atomic E-state index is 12.1. The Bertz CT molecular complexity index is 677. The zero-order valence-electron chi connectivity index (χ0n) is 12.1. The smallest absolute Gasteiger partial charge is 0.422 e. The third-order valence-corrected chi connectivity index (χ3v) is 2.71. The molecule has 0 radical (unpaired) electrons. The molecule has 0 spiro atoms. The number of pyridine rings is 1. The summed E-state index contributed by atoms with van der Waals surface area (Å²) < 4.78 is 40.9. The van der Waals surface area contributed by atoms with Gasteiger partial charge in [0.25, 0.3) is 5.91 Å². The lowest BCUT2D eigenvalue weighted by Gasteiger charge is -2.11. The summed E-state index contributed by atoms with van der Waals surface area (Å²) in [4.78, 5) is 23.3. The molecule has 122 valence electrons. The molecule has 2 aromatic rings. The van der Waals surface area contributed by atoms with Crippen molar-refractivity contribution in [2.24, 2.45) is 0 Å². The first-order valence-electron chi connectivity index (χ1n) is 6.54. The number of aromatic nitrogens is 3. The normalized spacial score (nSPS) is 11.1. The van der Waals surface area contributed by atoms with E-state index < -0.39 is 18.7 Å². The molecule has 0 saturated carbocycles. The fourth-order valence-electron chi connectivity index (χ4n) is 1.71. The minimum absolute atomic E-state index is 0.0914. The molecule has 1 N–H and O–H groups in total. The SMILES string of the molecule is Cc1cc(CNC(=O)c2cnccn2)cnc1OCC(F)(F)F. The average molecular weight is 326 g/mol. The molecule has 0 aliphatic carbocycles. The van der Waals surface area contributed by atoms with Gasteiger partial charge in [-0.05, 0) is 18.6 Å². The van der Waals surface area contributed by atoms with Crippen molar-refractivity contribution in [2.45, 2.75) is 19.6 Å². The van der Waals surface area contributed by atoms with Gasteiger partial charge >= 0.3 is 6.18 Å². The van der Waals surface area contributed by atoms with E-state index in [9.17, 15) is 18.0 Å². The van der Waals surface area contributed by atoms with Crippen LogP contribution in [0.4, 0.5) is 13.2 Å². The monoisotopic (exact) mass is 326 g/mol. The van der Waals surface area contributed by atoms with Gasteiger partial charge in [-0.1, -0.05) is 0 Å². The lowest BCUT2D eigenvalue weighted by atomic mass is 10.2. The summed E-state index contributed by atoms with van der Waals surface area (Å²) in [7, 11) is 0. The van der Waals surface area contributed by atoms with E-state index in [0.717, 1.165) is 0 Å². The highest BCUT2D eigenvalue weighted by Gasteiger charge is 2.28. The van der Waals surface area contributed by atoms with Gasteiger partial charge in [-0.2, -0.15) is 13.2 Å². The molecule has 0 atom stereocenters. The van der Waals surface area contributed by atoms with E-state index in [1.807, 2.05) is 0 Å². The van der Waals surface area contributed by atoms with Crippen molar-refractivity contribution < 1.29 is 22.7 Å². The van der Waals surface area contributed by atoms with Gasteiger partial charge in [-0.3, -0.25) is 9.78 Å². The van der Waals surface area contributed by atoms with Crippen LogP contribution in [0.1, 0.15) is 21.6 Å². The predicted molar refractivity (Wildman–Crippen MR) is 73.7 cm³/mol. The van der Waals surface area contributed by atoms with Gasteiger partial charge in [0.15, 0.2) is 6.61 Å². The quantitative estimate of drug-likeness (QED) is 0.910. The van der Waals surface area contributed by atoms with Crippen molar-refractivity contribution in [3.05, 3.63) is 47.7 Å². The summed E-state index contributed by atoms with van der Waals surface area (Å²) >= 11 is 0. The Labute approximate surface area is 129 Å². The van der Waals surface area contributed by atoms with Crippen LogP contribution in [0.15, 0.2) is 30.9 Å². The lowest BCUT2D eigenvalue weighted by Crippen LogP contribution is -2.24. The van der Waals surface area contributed by atoms with Gasteiger partial charge in [-0.25, -0.2) is 9.97 Å². The molecule has 2 aromatic heterocycles. The predicted octanol–water partition coefficient (Wildman–Crippen LogP) is 2.05. The summed E-state index contributed by atoms with van der Waals surface area (Å²) in [5.74, 6) is -0.500. The molecule has 9 heteroatoms. The highest BCUT2D eigenvalue weighted by Crippen LogP contribution is 2.20. The Balaban J connectivity index is 1.94. The molecule has 0 aliphatic rings. The number of nitrogens with one attached hydrogen (secondary N) is 1. The van der Waals surface area contributed by atoms with Crippen LogP contribution in [0, 0.1) is 6.92 Å². The molecule has 0 bridgehead atoms. The number of hydrogen-bond acceptors (Lipinski definition) is 5. The van der Waals surface area contributed by atoms with Crippen molar-refractivity contribution in [1.29, 1.82) is 0 Å². The number of hydrogen-bond donors (Lipinski definition) is 1. The molecular weight excluding hydrogens is 313 g/mol. The third kappa shape index (κ3) is 5.20. The molecule has 0 saturated heterocycles. The van der Waals surface area contributed by atoms with Gasteiger partial charge in [0.1, 0.15) is 5.69 Å². The first-order chi connectivity index (χ1) is 10.8. The van der Waals surface area contributed by atoms with Crippen molar-refractivity contribution in [2.75, 3.05) is 6.61 Å². The van der Waals surface area contributed by atoms with Crippen LogP contribution in [0.2, 0.25) is 0 Å². The Kier molecular flexibility index (Phi) is 5.09. The van der Waals surface area contributed by atoms with Crippen LogP contribution in [0.3, 0.4) is 0 Å². The maximum Gasteiger partial charge on any atom is 0.422 e. The molecular formula is C14H13F3N4O2. The molecule has 1 amide bonds. The highest BCUT2D eigenvalue weighted by molar-refractivity contribution is 5.91. The second-order valence-corrected chi connectivity index (χ2v) is 4.64. The third-order valence-electron chi connectivity index (χ3n) is 2.71. The largest absolute Gasteiger partial charge is 0.468 e. The van der Waals surface area contributed by atoms with Crippen LogP contribution in [0.25, 0.3) is 0 Å². The summed E-state index contributed by atoms with van der Waals surface area (Å²) in [5.41, 5.74) is 1.24. The summed E-state index contributed by atoms with van der Waals surface area (Å²) in [5, 5.41) is 2.62. The molecule has 2 heterocycles. The van der Waals surface area contributed by atoms with Crippen molar-refractivity contribution >= 4 is 5.91 Å². The van der Waals surface area contributed by atoms with Crippen molar-refractivity contribution in [1.82, 2.24) is 20.3 Å². The second-order valence-electron chi connectivity index (χ2n) is 4.64.